The molecule has 4 aliphatic rings. The van der Waals surface area contributed by atoms with E-state index in [4.69, 9.17) is 29.8 Å². The fourth-order valence-corrected chi connectivity index (χ4v) is 8.59. The molecular weight excluding hydrogens is 813 g/mol. The predicted molar refractivity (Wildman–Crippen MR) is 228 cm³/mol. The number of rotatable bonds is 18. The molecule has 2 atom stereocenters. The van der Waals surface area contributed by atoms with Crippen molar-refractivity contribution in [3.05, 3.63) is 89.5 Å². The Balaban J connectivity index is 0.704. The van der Waals surface area contributed by atoms with Crippen molar-refractivity contribution in [1.82, 2.24) is 24.9 Å². The van der Waals surface area contributed by atoms with Crippen molar-refractivity contribution in [3.63, 3.8) is 0 Å². The van der Waals surface area contributed by atoms with Gasteiger partial charge in [-0.15, -0.1) is 0 Å². The fourth-order valence-electron chi connectivity index (χ4n) is 8.59. The van der Waals surface area contributed by atoms with Crippen molar-refractivity contribution in [3.8, 4) is 22.8 Å². The van der Waals surface area contributed by atoms with Crippen LogP contribution in [0.3, 0.4) is 0 Å². The second-order valence-corrected chi connectivity index (χ2v) is 15.8. The molecule has 0 radical (unpaired) electrons. The lowest BCUT2D eigenvalue weighted by Crippen LogP contribution is -2.54. The Morgan fingerprint density at radius 3 is 2.22 bits per heavy atom. The number of imide groups is 2. The summed E-state index contributed by atoms with van der Waals surface area (Å²) in [5.74, 6) is -0.891. The van der Waals surface area contributed by atoms with E-state index in [9.17, 15) is 28.8 Å². The monoisotopic (exact) mass is 862 g/mol. The molecule has 3 aromatic carbocycles. The number of nitrogens with one attached hydrogen (secondary N) is 3. The molecule has 5 heterocycles. The number of anilines is 2. The summed E-state index contributed by atoms with van der Waals surface area (Å²) in [6, 6.07) is 20.5. The molecule has 5 N–H and O–H groups in total. The quantitative estimate of drug-likeness (QED) is 0.0830. The van der Waals surface area contributed by atoms with E-state index >= 15 is 0 Å². The Kier molecular flexibility index (Phi) is 13.5. The highest BCUT2D eigenvalue weighted by molar-refractivity contribution is 6.24. The lowest BCUT2D eigenvalue weighted by molar-refractivity contribution is -0.136. The third-order valence-corrected chi connectivity index (χ3v) is 11.7. The maximum absolute atomic E-state index is 13.0. The van der Waals surface area contributed by atoms with Gasteiger partial charge in [0.2, 0.25) is 17.7 Å². The van der Waals surface area contributed by atoms with Crippen molar-refractivity contribution in [2.45, 2.75) is 44.2 Å². The number of carbonyl (C=O) groups is 6. The van der Waals surface area contributed by atoms with E-state index in [1.54, 1.807) is 0 Å². The van der Waals surface area contributed by atoms with Gasteiger partial charge in [0.25, 0.3) is 17.7 Å². The van der Waals surface area contributed by atoms with Crippen molar-refractivity contribution in [2.75, 3.05) is 76.5 Å². The predicted octanol–water partition coefficient (Wildman–Crippen LogP) is 3.60. The van der Waals surface area contributed by atoms with E-state index < -0.39 is 41.5 Å². The first-order valence-electron chi connectivity index (χ1n) is 21.2. The van der Waals surface area contributed by atoms with Crippen LogP contribution < -0.4 is 26.4 Å². The van der Waals surface area contributed by atoms with Crippen LogP contribution in [-0.2, 0) is 28.6 Å². The number of nitrogens with zero attached hydrogens (tertiary/aromatic N) is 4. The molecule has 0 bridgehead atoms. The number of ether oxygens (including phenoxy) is 4. The Labute approximate surface area is 363 Å². The number of piperidine rings is 2. The standard InChI is InChI=1S/C45H50N8O10/c46-41(56)39-40(29-6-9-32(10-7-29)63-31-4-2-1-3-5-31)50-53-35(14-17-47-42(39)53)28-15-18-51(19-16-28)20-21-60-22-23-61-24-25-62-27-38(55)48-30-8-11-33-34(26-30)45(59)52(44(33)58)36-12-13-37(54)49-43(36)57/h1-11,26,28,35-36,47H,12-25,27H2,(H2,46,56)(H,48,55)(H,49,54,57)/t35-,36?/m0/s1. The number of carbonyl (C=O) groups excluding carboxylic acids is 6. The zero-order valence-electron chi connectivity index (χ0n) is 34.7. The average molecular weight is 863 g/mol. The van der Waals surface area contributed by atoms with Crippen molar-refractivity contribution in [2.24, 2.45) is 11.7 Å². The van der Waals surface area contributed by atoms with Gasteiger partial charge >= 0.3 is 0 Å². The number of primary amides is 1. The maximum atomic E-state index is 13.0. The van der Waals surface area contributed by atoms with Crippen LogP contribution >= 0.6 is 0 Å². The van der Waals surface area contributed by atoms with Gasteiger partial charge in [-0.3, -0.25) is 39.0 Å². The van der Waals surface area contributed by atoms with Gasteiger partial charge in [-0.2, -0.15) is 5.10 Å². The van der Waals surface area contributed by atoms with Crippen LogP contribution in [0.15, 0.2) is 72.8 Å². The van der Waals surface area contributed by atoms with E-state index in [1.165, 1.54) is 18.2 Å². The lowest BCUT2D eigenvalue weighted by Gasteiger charge is -2.38. The second-order valence-electron chi connectivity index (χ2n) is 15.8. The Hall–Kier alpha value is -6.47. The smallest absolute Gasteiger partial charge is 0.262 e. The molecule has 8 rings (SSSR count). The number of benzene rings is 3. The lowest BCUT2D eigenvalue weighted by atomic mass is 9.87. The zero-order chi connectivity index (χ0) is 43.9. The summed E-state index contributed by atoms with van der Waals surface area (Å²) in [4.78, 5) is 78.3. The van der Waals surface area contributed by atoms with Crippen LogP contribution in [0.4, 0.5) is 11.5 Å². The average Bonchev–Trinajstić information content (AvgIpc) is 3.79. The van der Waals surface area contributed by atoms with E-state index in [2.05, 4.69) is 20.9 Å². The highest BCUT2D eigenvalue weighted by Gasteiger charge is 2.45. The summed E-state index contributed by atoms with van der Waals surface area (Å²) in [7, 11) is 0. The van der Waals surface area contributed by atoms with Crippen LogP contribution in [0.1, 0.15) is 69.2 Å². The van der Waals surface area contributed by atoms with Gasteiger partial charge in [0.05, 0.1) is 50.2 Å². The number of hydrogen-bond donors (Lipinski definition) is 4. The molecule has 1 unspecified atom stereocenters. The van der Waals surface area contributed by atoms with E-state index in [-0.39, 0.29) is 49.8 Å². The summed E-state index contributed by atoms with van der Waals surface area (Å²) < 4.78 is 24.8. The van der Waals surface area contributed by atoms with E-state index in [0.717, 1.165) is 61.7 Å². The SMILES string of the molecule is NC(=O)c1c(-c2ccc(Oc3ccccc3)cc2)nn2c1NCC[C@H]2C1CCN(CCOCCOCCOCC(=O)Nc2ccc3c(c2)C(=O)N(C2CCC(=O)NC2=O)C3=O)CC1. The Bertz CT molecular complexity index is 2350. The first kappa shape index (κ1) is 43.2. The van der Waals surface area contributed by atoms with Crippen molar-refractivity contribution < 1.29 is 47.7 Å². The molecule has 4 aliphatic heterocycles. The minimum absolute atomic E-state index is 0.0247. The first-order chi connectivity index (χ1) is 30.6. The van der Waals surface area contributed by atoms with Gasteiger partial charge in [-0.25, -0.2) is 4.68 Å². The number of nitrogens with two attached hydrogens (primary N) is 1. The van der Waals surface area contributed by atoms with Crippen LogP contribution in [0.2, 0.25) is 0 Å². The van der Waals surface area contributed by atoms with Gasteiger partial charge in [-0.05, 0) is 99.3 Å². The summed E-state index contributed by atoms with van der Waals surface area (Å²) in [5, 5.41) is 13.2. The van der Waals surface area contributed by atoms with Crippen LogP contribution in [0.25, 0.3) is 11.3 Å². The maximum Gasteiger partial charge on any atom is 0.262 e. The molecule has 0 saturated carbocycles. The van der Waals surface area contributed by atoms with E-state index in [1.807, 2.05) is 59.3 Å². The van der Waals surface area contributed by atoms with E-state index in [0.29, 0.717) is 54.3 Å². The Morgan fingerprint density at radius 2 is 1.49 bits per heavy atom. The number of fused-ring (bicyclic) bond motifs is 2. The third kappa shape index (κ3) is 9.94. The molecule has 18 heteroatoms. The largest absolute Gasteiger partial charge is 0.457 e. The number of para-hydroxylation sites is 1. The van der Waals surface area contributed by atoms with Crippen LogP contribution in [-0.4, -0.2) is 127 Å². The molecule has 1 aromatic heterocycles. The summed E-state index contributed by atoms with van der Waals surface area (Å²) in [5.41, 5.74) is 8.18. The summed E-state index contributed by atoms with van der Waals surface area (Å²) >= 11 is 0. The summed E-state index contributed by atoms with van der Waals surface area (Å²) in [6.07, 6.45) is 2.98. The summed E-state index contributed by atoms with van der Waals surface area (Å²) in [6.45, 7) is 4.96. The zero-order valence-corrected chi connectivity index (χ0v) is 34.7. The van der Waals surface area contributed by atoms with Gasteiger partial charge in [0, 0.05) is 30.8 Å². The number of amides is 6. The van der Waals surface area contributed by atoms with Crippen LogP contribution in [0.5, 0.6) is 11.5 Å². The second kappa shape index (κ2) is 19.7. The molecule has 0 aliphatic carbocycles. The normalized spacial score (nSPS) is 19.0. The molecule has 330 valence electrons. The topological polar surface area (TPSA) is 226 Å². The molecule has 4 aromatic rings. The van der Waals surface area contributed by atoms with Crippen molar-refractivity contribution in [1.29, 1.82) is 0 Å². The minimum atomic E-state index is -1.07. The minimum Gasteiger partial charge on any atom is -0.457 e. The number of hydrogen-bond acceptors (Lipinski definition) is 13. The molecule has 6 amide bonds. The van der Waals surface area contributed by atoms with Gasteiger partial charge in [0.15, 0.2) is 0 Å². The molecule has 63 heavy (non-hydrogen) atoms. The fraction of sp³-hybridized carbons (Fsp3) is 0.400. The van der Waals surface area contributed by atoms with Crippen LogP contribution in [0, 0.1) is 5.92 Å². The third-order valence-electron chi connectivity index (χ3n) is 11.7. The molecule has 0 spiro atoms. The number of likely N-dealkylation sites (tertiary alicyclic amines) is 1. The van der Waals surface area contributed by atoms with Crippen molar-refractivity contribution >= 4 is 46.9 Å². The number of aromatic nitrogens is 2. The molecule has 18 nitrogen and oxygen atoms in total. The first-order valence-corrected chi connectivity index (χ1v) is 21.2. The molecule has 2 fully saturated rings. The van der Waals surface area contributed by atoms with Gasteiger partial charge < -0.3 is 40.2 Å². The highest BCUT2D eigenvalue weighted by Crippen LogP contribution is 2.40. The highest BCUT2D eigenvalue weighted by atomic mass is 16.5. The Morgan fingerprint density at radius 1 is 0.794 bits per heavy atom. The van der Waals surface area contributed by atoms with Gasteiger partial charge in [-0.1, -0.05) is 18.2 Å². The van der Waals surface area contributed by atoms with Gasteiger partial charge in [0.1, 0.15) is 41.2 Å². The molecular formula is C45H50N8O10. The molecule has 2 saturated heterocycles.